The zero-order valence-electron chi connectivity index (χ0n) is 8.03. The van der Waals surface area contributed by atoms with Crippen molar-refractivity contribution in [2.75, 3.05) is 6.54 Å². The summed E-state index contributed by atoms with van der Waals surface area (Å²) in [7, 11) is 1.94. The lowest BCUT2D eigenvalue weighted by molar-refractivity contribution is -0.137. The summed E-state index contributed by atoms with van der Waals surface area (Å²) in [6, 6.07) is -0.127. The topological polar surface area (TPSA) is 67.2 Å². The van der Waals surface area contributed by atoms with Crippen molar-refractivity contribution in [3.05, 3.63) is 17.7 Å². The lowest BCUT2D eigenvalue weighted by Crippen LogP contribution is -2.32. The minimum atomic E-state index is -0.791. The summed E-state index contributed by atoms with van der Waals surface area (Å²) in [6.07, 6.45) is 2.76. The van der Waals surface area contributed by atoms with Crippen LogP contribution >= 0.6 is 0 Å². The fourth-order valence-electron chi connectivity index (χ4n) is 1.87. The SMILES string of the molecule is Cn1cnc2c1CCNC2CC(=O)O. The van der Waals surface area contributed by atoms with Crippen molar-refractivity contribution in [3.8, 4) is 0 Å². The predicted octanol–water partition coefficient (Wildman–Crippen LogP) is 0.0816. The molecular weight excluding hydrogens is 182 g/mol. The first kappa shape index (κ1) is 9.21. The summed E-state index contributed by atoms with van der Waals surface area (Å²) in [4.78, 5) is 14.8. The monoisotopic (exact) mass is 195 g/mol. The summed E-state index contributed by atoms with van der Waals surface area (Å²) in [5.74, 6) is -0.791. The van der Waals surface area contributed by atoms with Crippen LogP contribution in [0, 0.1) is 0 Å². The summed E-state index contributed by atoms with van der Waals surface area (Å²) >= 11 is 0. The maximum atomic E-state index is 10.6. The minimum absolute atomic E-state index is 0.101. The van der Waals surface area contributed by atoms with Crippen LogP contribution in [-0.4, -0.2) is 27.2 Å². The number of rotatable bonds is 2. The second-order valence-electron chi connectivity index (χ2n) is 3.54. The van der Waals surface area contributed by atoms with E-state index >= 15 is 0 Å². The van der Waals surface area contributed by atoms with Crippen LogP contribution in [0.2, 0.25) is 0 Å². The van der Waals surface area contributed by atoms with Crippen LogP contribution in [-0.2, 0) is 18.3 Å². The highest BCUT2D eigenvalue weighted by atomic mass is 16.4. The Labute approximate surface area is 81.8 Å². The molecule has 1 atom stereocenters. The van der Waals surface area contributed by atoms with Gasteiger partial charge in [0.25, 0.3) is 0 Å². The summed E-state index contributed by atoms with van der Waals surface area (Å²) in [6.45, 7) is 0.824. The van der Waals surface area contributed by atoms with Gasteiger partial charge in [-0.25, -0.2) is 4.98 Å². The zero-order valence-corrected chi connectivity index (χ0v) is 8.03. The Morgan fingerprint density at radius 1 is 1.86 bits per heavy atom. The first-order valence-corrected chi connectivity index (χ1v) is 4.63. The molecular formula is C9H13N3O2. The van der Waals surface area contributed by atoms with Crippen LogP contribution in [0.4, 0.5) is 0 Å². The Morgan fingerprint density at radius 3 is 3.36 bits per heavy atom. The number of nitrogens with one attached hydrogen (secondary N) is 1. The van der Waals surface area contributed by atoms with Crippen molar-refractivity contribution in [2.45, 2.75) is 18.9 Å². The molecule has 1 unspecified atom stereocenters. The number of carbonyl (C=O) groups is 1. The zero-order chi connectivity index (χ0) is 10.1. The fraction of sp³-hybridized carbons (Fsp3) is 0.556. The molecule has 0 aliphatic carbocycles. The molecule has 14 heavy (non-hydrogen) atoms. The third kappa shape index (κ3) is 1.50. The number of aryl methyl sites for hydroxylation is 1. The lowest BCUT2D eigenvalue weighted by Gasteiger charge is -2.22. The quantitative estimate of drug-likeness (QED) is 0.701. The van der Waals surface area contributed by atoms with Gasteiger partial charge in [-0.3, -0.25) is 4.79 Å². The third-order valence-corrected chi connectivity index (χ3v) is 2.55. The van der Waals surface area contributed by atoms with E-state index in [1.54, 1.807) is 6.33 Å². The van der Waals surface area contributed by atoms with Crippen molar-refractivity contribution in [3.63, 3.8) is 0 Å². The molecule has 2 rings (SSSR count). The molecule has 0 saturated carbocycles. The van der Waals surface area contributed by atoms with Gasteiger partial charge < -0.3 is 15.0 Å². The molecule has 0 saturated heterocycles. The van der Waals surface area contributed by atoms with Gasteiger partial charge in [-0.2, -0.15) is 0 Å². The van der Waals surface area contributed by atoms with Gasteiger partial charge in [0.15, 0.2) is 0 Å². The first-order valence-electron chi connectivity index (χ1n) is 4.63. The summed E-state index contributed by atoms with van der Waals surface area (Å²) in [5, 5.41) is 11.9. The largest absolute Gasteiger partial charge is 0.481 e. The second kappa shape index (κ2) is 3.42. The van der Waals surface area contributed by atoms with Crippen LogP contribution in [0.5, 0.6) is 0 Å². The van der Waals surface area contributed by atoms with E-state index in [9.17, 15) is 4.79 Å². The molecule has 2 heterocycles. The van der Waals surface area contributed by atoms with Gasteiger partial charge in [0, 0.05) is 25.7 Å². The third-order valence-electron chi connectivity index (χ3n) is 2.55. The van der Waals surface area contributed by atoms with E-state index in [0.29, 0.717) is 0 Å². The normalized spacial score (nSPS) is 20.5. The molecule has 0 spiro atoms. The number of hydrogen-bond donors (Lipinski definition) is 2. The van der Waals surface area contributed by atoms with E-state index in [2.05, 4.69) is 10.3 Å². The molecule has 5 heteroatoms. The predicted molar refractivity (Wildman–Crippen MR) is 49.9 cm³/mol. The highest BCUT2D eigenvalue weighted by molar-refractivity contribution is 5.68. The van der Waals surface area contributed by atoms with Crippen molar-refractivity contribution < 1.29 is 9.90 Å². The molecule has 0 bridgehead atoms. The van der Waals surface area contributed by atoms with Gasteiger partial charge in [0.1, 0.15) is 0 Å². The second-order valence-corrected chi connectivity index (χ2v) is 3.54. The van der Waals surface area contributed by atoms with Crippen LogP contribution < -0.4 is 5.32 Å². The standard InChI is InChI=1S/C9H13N3O2/c1-12-5-11-9-6(4-8(13)14)10-3-2-7(9)12/h5-6,10H,2-4H2,1H3,(H,13,14). The Kier molecular flexibility index (Phi) is 2.25. The Balaban J connectivity index is 2.27. The maximum Gasteiger partial charge on any atom is 0.305 e. The maximum absolute atomic E-state index is 10.6. The van der Waals surface area contributed by atoms with Crippen LogP contribution in [0.25, 0.3) is 0 Å². The van der Waals surface area contributed by atoms with Gasteiger partial charge in [0.2, 0.25) is 0 Å². The van der Waals surface area contributed by atoms with Gasteiger partial charge in [0.05, 0.1) is 24.5 Å². The molecule has 0 radical (unpaired) electrons. The number of fused-ring (bicyclic) bond motifs is 1. The Hall–Kier alpha value is -1.36. The smallest absolute Gasteiger partial charge is 0.305 e. The number of aromatic nitrogens is 2. The molecule has 1 aliphatic rings. The minimum Gasteiger partial charge on any atom is -0.481 e. The molecule has 0 aromatic carbocycles. The van der Waals surface area contributed by atoms with Gasteiger partial charge >= 0.3 is 5.97 Å². The van der Waals surface area contributed by atoms with E-state index in [1.807, 2.05) is 11.6 Å². The molecule has 1 aromatic heterocycles. The summed E-state index contributed by atoms with van der Waals surface area (Å²) in [5.41, 5.74) is 2.04. The van der Waals surface area contributed by atoms with Crippen molar-refractivity contribution in [2.24, 2.45) is 7.05 Å². The van der Waals surface area contributed by atoms with Crippen LogP contribution in [0.3, 0.4) is 0 Å². The Morgan fingerprint density at radius 2 is 2.64 bits per heavy atom. The van der Waals surface area contributed by atoms with E-state index in [1.165, 1.54) is 0 Å². The van der Waals surface area contributed by atoms with Crippen molar-refractivity contribution in [1.82, 2.24) is 14.9 Å². The van der Waals surface area contributed by atoms with Gasteiger partial charge in [-0.1, -0.05) is 0 Å². The number of hydrogen-bond acceptors (Lipinski definition) is 3. The van der Waals surface area contributed by atoms with Gasteiger partial charge in [-0.05, 0) is 0 Å². The highest BCUT2D eigenvalue weighted by Crippen LogP contribution is 2.23. The molecule has 76 valence electrons. The molecule has 0 fully saturated rings. The van der Waals surface area contributed by atoms with Crippen LogP contribution in [0.15, 0.2) is 6.33 Å². The average Bonchev–Trinajstić information content (AvgIpc) is 2.49. The first-order chi connectivity index (χ1) is 6.68. The summed E-state index contributed by atoms with van der Waals surface area (Å²) < 4.78 is 1.96. The number of nitrogens with zero attached hydrogens (tertiary/aromatic N) is 2. The van der Waals surface area contributed by atoms with E-state index in [4.69, 9.17) is 5.11 Å². The van der Waals surface area contributed by atoms with Crippen LogP contribution in [0.1, 0.15) is 23.9 Å². The Bertz CT molecular complexity index is 359. The van der Waals surface area contributed by atoms with Gasteiger partial charge in [-0.15, -0.1) is 0 Å². The number of carboxylic acids is 1. The molecule has 0 amide bonds. The average molecular weight is 195 g/mol. The number of aliphatic carboxylic acids is 1. The fourth-order valence-corrected chi connectivity index (χ4v) is 1.87. The van der Waals surface area contributed by atoms with E-state index in [-0.39, 0.29) is 12.5 Å². The number of carboxylic acid groups (broad SMARTS) is 1. The van der Waals surface area contributed by atoms with E-state index < -0.39 is 5.97 Å². The van der Waals surface area contributed by atoms with E-state index in [0.717, 1.165) is 24.4 Å². The lowest BCUT2D eigenvalue weighted by atomic mass is 10.0. The van der Waals surface area contributed by atoms with Crippen molar-refractivity contribution >= 4 is 5.97 Å². The number of imidazole rings is 1. The molecule has 2 N–H and O–H groups in total. The molecule has 1 aromatic rings. The molecule has 5 nitrogen and oxygen atoms in total. The molecule has 1 aliphatic heterocycles. The highest BCUT2D eigenvalue weighted by Gasteiger charge is 2.25. The van der Waals surface area contributed by atoms with Crippen molar-refractivity contribution in [1.29, 1.82) is 0 Å².